The van der Waals surface area contributed by atoms with Crippen molar-refractivity contribution in [3.05, 3.63) is 65.7 Å². The largest absolute Gasteiger partial charge is 0.466 e. The van der Waals surface area contributed by atoms with Gasteiger partial charge in [0.25, 0.3) is 0 Å². The lowest BCUT2D eigenvalue weighted by atomic mass is 10.1. The Labute approximate surface area is 178 Å². The summed E-state index contributed by atoms with van der Waals surface area (Å²) < 4.78 is 10.5. The van der Waals surface area contributed by atoms with Gasteiger partial charge in [-0.25, -0.2) is 9.97 Å². The Morgan fingerprint density at radius 3 is 2.74 bits per heavy atom. The van der Waals surface area contributed by atoms with E-state index in [9.17, 15) is 4.79 Å². The first-order chi connectivity index (χ1) is 15.2. The molecule has 0 bridgehead atoms. The van der Waals surface area contributed by atoms with Crippen LogP contribution in [0.2, 0.25) is 0 Å². The molecule has 5 rings (SSSR count). The van der Waals surface area contributed by atoms with E-state index in [2.05, 4.69) is 49.7 Å². The molecule has 4 aromatic rings. The number of ether oxygens (including phenoxy) is 1. The van der Waals surface area contributed by atoms with E-state index < -0.39 is 5.97 Å². The Balaban J connectivity index is 1.30. The van der Waals surface area contributed by atoms with E-state index in [4.69, 9.17) is 9.15 Å². The fourth-order valence-corrected chi connectivity index (χ4v) is 3.86. The van der Waals surface area contributed by atoms with Crippen molar-refractivity contribution in [1.82, 2.24) is 20.2 Å². The molecule has 0 radical (unpaired) electrons. The van der Waals surface area contributed by atoms with Gasteiger partial charge in [-0.1, -0.05) is 24.3 Å². The van der Waals surface area contributed by atoms with Gasteiger partial charge in [0.15, 0.2) is 0 Å². The summed E-state index contributed by atoms with van der Waals surface area (Å²) in [5.74, 6) is 0.789. The number of rotatable bonds is 6. The van der Waals surface area contributed by atoms with Gasteiger partial charge < -0.3 is 14.5 Å². The Bertz CT molecular complexity index is 1230. The zero-order chi connectivity index (χ0) is 21.2. The molecular weight excluding hydrogens is 394 g/mol. The maximum Gasteiger partial charge on any atom is 0.315 e. The van der Waals surface area contributed by atoms with Crippen molar-refractivity contribution >= 4 is 22.8 Å². The van der Waals surface area contributed by atoms with Gasteiger partial charge in [0.2, 0.25) is 17.7 Å². The minimum atomic E-state index is -0.394. The van der Waals surface area contributed by atoms with Crippen LogP contribution in [0.15, 0.2) is 53.1 Å². The predicted molar refractivity (Wildman–Crippen MR) is 114 cm³/mol. The second-order valence-corrected chi connectivity index (χ2v) is 7.47. The highest BCUT2D eigenvalue weighted by molar-refractivity contribution is 5.83. The summed E-state index contributed by atoms with van der Waals surface area (Å²) in [5.41, 5.74) is 4.33. The first-order valence-corrected chi connectivity index (χ1v) is 10.3. The molecule has 0 spiro atoms. The molecule has 1 N–H and O–H groups in total. The van der Waals surface area contributed by atoms with Crippen molar-refractivity contribution in [2.24, 2.45) is 0 Å². The topological polar surface area (TPSA) is 103 Å². The number of carbonyl (C=O) groups is 1. The molecule has 0 saturated carbocycles. The molecular formula is C23H21N5O3. The molecule has 0 aliphatic heterocycles. The fourth-order valence-electron chi connectivity index (χ4n) is 3.86. The van der Waals surface area contributed by atoms with Crippen LogP contribution in [0.4, 0.5) is 5.95 Å². The van der Waals surface area contributed by atoms with E-state index in [-0.39, 0.29) is 12.3 Å². The summed E-state index contributed by atoms with van der Waals surface area (Å²) in [6, 6.07) is 14.5. The Morgan fingerprint density at radius 1 is 1.16 bits per heavy atom. The van der Waals surface area contributed by atoms with E-state index in [1.54, 1.807) is 13.1 Å². The van der Waals surface area contributed by atoms with Gasteiger partial charge in [-0.2, -0.15) is 0 Å². The van der Waals surface area contributed by atoms with E-state index in [1.807, 2.05) is 18.2 Å². The van der Waals surface area contributed by atoms with Gasteiger partial charge in [0.05, 0.1) is 12.1 Å². The van der Waals surface area contributed by atoms with Crippen molar-refractivity contribution in [3.8, 4) is 11.5 Å². The molecule has 0 saturated heterocycles. The average molecular weight is 415 g/mol. The molecule has 2 aromatic carbocycles. The van der Waals surface area contributed by atoms with Gasteiger partial charge in [0.1, 0.15) is 6.42 Å². The Morgan fingerprint density at radius 2 is 1.97 bits per heavy atom. The monoisotopic (exact) mass is 415 g/mol. The summed E-state index contributed by atoms with van der Waals surface area (Å²) in [5, 5.41) is 12.3. The highest BCUT2D eigenvalue weighted by Crippen LogP contribution is 2.26. The molecule has 8 nitrogen and oxygen atoms in total. The van der Waals surface area contributed by atoms with E-state index in [0.29, 0.717) is 24.5 Å². The molecule has 2 aromatic heterocycles. The smallest absolute Gasteiger partial charge is 0.315 e. The maximum absolute atomic E-state index is 11.6. The number of carbonyl (C=O) groups excluding carboxylic acids is 1. The number of benzene rings is 2. The van der Waals surface area contributed by atoms with E-state index >= 15 is 0 Å². The second-order valence-electron chi connectivity index (χ2n) is 7.47. The molecule has 0 amide bonds. The summed E-state index contributed by atoms with van der Waals surface area (Å²) >= 11 is 0. The third kappa shape index (κ3) is 4.09. The zero-order valence-electron chi connectivity index (χ0n) is 17.0. The molecule has 0 fully saturated rings. The number of hydrogen-bond acceptors (Lipinski definition) is 8. The number of aromatic nitrogens is 4. The quantitative estimate of drug-likeness (QED) is 0.478. The standard InChI is InChI=1S/C23H21N5O3/c1-2-30-21(29)12-20-27-28-22(31-20)16-7-8-19-17(9-16)13-24-23(26-19)25-18-10-14-5-3-4-6-15(14)11-18/h3-9,13,18H,2,10-12H2,1H3,(H,24,25,26). The summed E-state index contributed by atoms with van der Waals surface area (Å²) in [6.45, 7) is 2.07. The third-order valence-corrected chi connectivity index (χ3v) is 5.28. The first-order valence-electron chi connectivity index (χ1n) is 10.3. The molecule has 0 atom stereocenters. The summed E-state index contributed by atoms with van der Waals surface area (Å²) in [7, 11) is 0. The highest BCUT2D eigenvalue weighted by atomic mass is 16.5. The Kier molecular flexibility index (Phi) is 5.03. The lowest BCUT2D eigenvalue weighted by Gasteiger charge is -2.12. The minimum absolute atomic E-state index is 0.0441. The van der Waals surface area contributed by atoms with Crippen LogP contribution in [0.3, 0.4) is 0 Å². The molecule has 1 aliphatic rings. The van der Waals surface area contributed by atoms with Gasteiger partial charge in [-0.3, -0.25) is 4.79 Å². The number of esters is 1. The van der Waals surface area contributed by atoms with Crippen LogP contribution in [0.25, 0.3) is 22.4 Å². The van der Waals surface area contributed by atoms with Crippen LogP contribution >= 0.6 is 0 Å². The maximum atomic E-state index is 11.6. The van der Waals surface area contributed by atoms with Gasteiger partial charge >= 0.3 is 5.97 Å². The molecule has 156 valence electrons. The van der Waals surface area contributed by atoms with Crippen LogP contribution in [0.5, 0.6) is 0 Å². The van der Waals surface area contributed by atoms with Gasteiger partial charge in [0, 0.05) is 23.2 Å². The van der Waals surface area contributed by atoms with Crippen molar-refractivity contribution in [1.29, 1.82) is 0 Å². The number of nitrogens with zero attached hydrogens (tertiary/aromatic N) is 4. The molecule has 31 heavy (non-hydrogen) atoms. The minimum Gasteiger partial charge on any atom is -0.466 e. The third-order valence-electron chi connectivity index (χ3n) is 5.28. The van der Waals surface area contributed by atoms with Crippen LogP contribution in [0, 0.1) is 0 Å². The molecule has 1 aliphatic carbocycles. The lowest BCUT2D eigenvalue weighted by Crippen LogP contribution is -2.21. The highest BCUT2D eigenvalue weighted by Gasteiger charge is 2.21. The van der Waals surface area contributed by atoms with Crippen molar-refractivity contribution in [2.45, 2.75) is 32.2 Å². The molecule has 8 heteroatoms. The fraction of sp³-hybridized carbons (Fsp3) is 0.261. The SMILES string of the molecule is CCOC(=O)Cc1nnc(-c2ccc3nc(NC4Cc5ccccc5C4)ncc3c2)o1. The van der Waals surface area contributed by atoms with Crippen LogP contribution < -0.4 is 5.32 Å². The number of anilines is 1. The van der Waals surface area contributed by atoms with Crippen LogP contribution in [-0.4, -0.2) is 38.8 Å². The first kappa shape index (κ1) is 19.2. The van der Waals surface area contributed by atoms with Crippen molar-refractivity contribution in [2.75, 3.05) is 11.9 Å². The predicted octanol–water partition coefficient (Wildman–Crippen LogP) is 3.36. The van der Waals surface area contributed by atoms with Gasteiger partial charge in [-0.15, -0.1) is 10.2 Å². The lowest BCUT2D eigenvalue weighted by molar-refractivity contribution is -0.142. The zero-order valence-corrected chi connectivity index (χ0v) is 17.0. The van der Waals surface area contributed by atoms with Crippen molar-refractivity contribution in [3.63, 3.8) is 0 Å². The normalized spacial score (nSPS) is 13.3. The van der Waals surface area contributed by atoms with Crippen molar-refractivity contribution < 1.29 is 13.9 Å². The second kappa shape index (κ2) is 8.14. The summed E-state index contributed by atoms with van der Waals surface area (Å²) in [4.78, 5) is 20.7. The average Bonchev–Trinajstić information content (AvgIpc) is 3.40. The Hall–Kier alpha value is -3.81. The number of fused-ring (bicyclic) bond motifs is 2. The molecule has 0 unspecified atom stereocenters. The van der Waals surface area contributed by atoms with Crippen LogP contribution in [-0.2, 0) is 28.8 Å². The number of hydrogen-bond donors (Lipinski definition) is 1. The van der Waals surface area contributed by atoms with E-state index in [1.165, 1.54) is 11.1 Å². The van der Waals surface area contributed by atoms with Crippen LogP contribution in [0.1, 0.15) is 23.9 Å². The van der Waals surface area contributed by atoms with Gasteiger partial charge in [-0.05, 0) is 49.1 Å². The summed E-state index contributed by atoms with van der Waals surface area (Å²) in [6.07, 6.45) is 3.69. The molecule has 2 heterocycles. The van der Waals surface area contributed by atoms with E-state index in [0.717, 1.165) is 29.3 Å². The number of nitrogens with one attached hydrogen (secondary N) is 1.